The third kappa shape index (κ3) is 4.99. The summed E-state index contributed by atoms with van der Waals surface area (Å²) in [4.78, 5) is 37.5. The molecular formula is C25H28N8O4. The SMILES string of the molecule is CCCC(C(=O)O)c1nc(-c2ncc(NC(=O)Nc3cnc4ccnn4c3C3CCCC3)cc2C)no1. The number of urea groups is 1. The van der Waals surface area contributed by atoms with Gasteiger partial charge in [-0.25, -0.2) is 14.3 Å². The van der Waals surface area contributed by atoms with Crippen molar-refractivity contribution in [3.8, 4) is 11.5 Å². The molecule has 192 valence electrons. The number of pyridine rings is 1. The van der Waals surface area contributed by atoms with Gasteiger partial charge in [0, 0.05) is 12.0 Å². The molecule has 0 aromatic carbocycles. The molecule has 2 amide bonds. The van der Waals surface area contributed by atoms with Gasteiger partial charge in [0.1, 0.15) is 11.6 Å². The molecule has 3 N–H and O–H groups in total. The summed E-state index contributed by atoms with van der Waals surface area (Å²) in [5, 5.41) is 23.5. The molecule has 1 atom stereocenters. The molecule has 1 aliphatic rings. The van der Waals surface area contributed by atoms with E-state index in [1.165, 1.54) is 6.20 Å². The lowest BCUT2D eigenvalue weighted by atomic mass is 10.0. The number of rotatable bonds is 8. The number of carbonyl (C=O) groups excluding carboxylic acids is 1. The quantitative estimate of drug-likeness (QED) is 0.307. The van der Waals surface area contributed by atoms with Gasteiger partial charge in [-0.05, 0) is 37.8 Å². The number of nitrogens with one attached hydrogen (secondary N) is 2. The molecule has 0 spiro atoms. The zero-order valence-corrected chi connectivity index (χ0v) is 20.6. The number of aromatic nitrogens is 6. The number of aliphatic carboxylic acids is 1. The second-order valence-corrected chi connectivity index (χ2v) is 9.24. The highest BCUT2D eigenvalue weighted by molar-refractivity contribution is 6.00. The number of hydrogen-bond acceptors (Lipinski definition) is 8. The summed E-state index contributed by atoms with van der Waals surface area (Å²) >= 11 is 0. The zero-order valence-electron chi connectivity index (χ0n) is 20.6. The smallest absolute Gasteiger partial charge is 0.323 e. The lowest BCUT2D eigenvalue weighted by Gasteiger charge is -2.17. The Bertz CT molecular complexity index is 1440. The van der Waals surface area contributed by atoms with Gasteiger partial charge in [-0.2, -0.15) is 10.1 Å². The van der Waals surface area contributed by atoms with Crippen LogP contribution in [-0.2, 0) is 4.79 Å². The third-order valence-corrected chi connectivity index (χ3v) is 6.61. The van der Waals surface area contributed by atoms with Gasteiger partial charge in [0.15, 0.2) is 5.65 Å². The van der Waals surface area contributed by atoms with E-state index >= 15 is 0 Å². The topological polar surface area (TPSA) is 160 Å². The molecule has 4 heterocycles. The molecule has 1 fully saturated rings. The van der Waals surface area contributed by atoms with Crippen LogP contribution in [0.1, 0.15) is 74.4 Å². The summed E-state index contributed by atoms with van der Waals surface area (Å²) in [5.74, 6) is -1.31. The minimum Gasteiger partial charge on any atom is -0.481 e. The second kappa shape index (κ2) is 10.3. The summed E-state index contributed by atoms with van der Waals surface area (Å²) < 4.78 is 7.02. The van der Waals surface area contributed by atoms with Crippen molar-refractivity contribution in [2.45, 2.75) is 64.2 Å². The molecule has 0 radical (unpaired) electrons. The molecule has 12 nitrogen and oxygen atoms in total. The van der Waals surface area contributed by atoms with E-state index in [0.717, 1.165) is 37.0 Å². The summed E-state index contributed by atoms with van der Waals surface area (Å²) in [6.07, 6.45) is 10.3. The van der Waals surface area contributed by atoms with E-state index in [1.54, 1.807) is 29.9 Å². The first kappa shape index (κ1) is 24.3. The first-order valence-corrected chi connectivity index (χ1v) is 12.4. The molecule has 37 heavy (non-hydrogen) atoms. The number of aryl methyl sites for hydroxylation is 1. The van der Waals surface area contributed by atoms with Crippen LogP contribution in [-0.4, -0.2) is 46.8 Å². The van der Waals surface area contributed by atoms with Crippen molar-refractivity contribution in [1.82, 2.24) is 29.7 Å². The molecule has 0 saturated heterocycles. The molecule has 0 aliphatic heterocycles. The molecular weight excluding hydrogens is 476 g/mol. The Hall–Kier alpha value is -4.35. The Morgan fingerprint density at radius 3 is 2.76 bits per heavy atom. The van der Waals surface area contributed by atoms with E-state index in [0.29, 0.717) is 41.4 Å². The van der Waals surface area contributed by atoms with Crippen molar-refractivity contribution in [2.75, 3.05) is 10.6 Å². The van der Waals surface area contributed by atoms with Gasteiger partial charge in [0.2, 0.25) is 11.7 Å². The van der Waals surface area contributed by atoms with Gasteiger partial charge in [-0.15, -0.1) is 0 Å². The summed E-state index contributed by atoms with van der Waals surface area (Å²) in [6, 6.07) is 3.16. The van der Waals surface area contributed by atoms with Crippen molar-refractivity contribution < 1.29 is 19.2 Å². The molecule has 1 aliphatic carbocycles. The third-order valence-electron chi connectivity index (χ3n) is 6.61. The van der Waals surface area contributed by atoms with Crippen molar-refractivity contribution in [3.05, 3.63) is 47.9 Å². The fraction of sp³-hybridized carbons (Fsp3) is 0.400. The number of anilines is 2. The molecule has 4 aromatic heterocycles. The summed E-state index contributed by atoms with van der Waals surface area (Å²) in [6.45, 7) is 3.69. The Labute approximate surface area is 212 Å². The predicted molar refractivity (Wildman–Crippen MR) is 134 cm³/mol. The van der Waals surface area contributed by atoms with Gasteiger partial charge in [0.25, 0.3) is 0 Å². The van der Waals surface area contributed by atoms with E-state index in [9.17, 15) is 14.7 Å². The highest BCUT2D eigenvalue weighted by Crippen LogP contribution is 2.37. The normalized spacial score (nSPS) is 14.6. The van der Waals surface area contributed by atoms with Crippen molar-refractivity contribution >= 4 is 29.0 Å². The largest absolute Gasteiger partial charge is 0.481 e. The maximum Gasteiger partial charge on any atom is 0.323 e. The average Bonchev–Trinajstić information content (AvgIpc) is 3.64. The number of hydrogen-bond donors (Lipinski definition) is 3. The lowest BCUT2D eigenvalue weighted by Crippen LogP contribution is -2.22. The van der Waals surface area contributed by atoms with Crippen LogP contribution in [0, 0.1) is 6.92 Å². The van der Waals surface area contributed by atoms with Crippen molar-refractivity contribution in [2.24, 2.45) is 0 Å². The van der Waals surface area contributed by atoms with E-state index in [4.69, 9.17) is 4.52 Å². The van der Waals surface area contributed by atoms with Crippen molar-refractivity contribution in [3.63, 3.8) is 0 Å². The van der Waals surface area contributed by atoms with Crippen LogP contribution in [0.4, 0.5) is 16.2 Å². The van der Waals surface area contributed by atoms with Crippen LogP contribution in [0.25, 0.3) is 17.2 Å². The Balaban J connectivity index is 1.32. The number of carboxylic acids is 1. The van der Waals surface area contributed by atoms with E-state index in [1.807, 2.05) is 13.0 Å². The Morgan fingerprint density at radius 2 is 2.03 bits per heavy atom. The van der Waals surface area contributed by atoms with E-state index < -0.39 is 17.9 Å². The zero-order chi connectivity index (χ0) is 25.9. The van der Waals surface area contributed by atoms with Crippen LogP contribution in [0.2, 0.25) is 0 Å². The van der Waals surface area contributed by atoms with E-state index in [2.05, 4.69) is 35.8 Å². The van der Waals surface area contributed by atoms with Gasteiger partial charge in [-0.3, -0.25) is 9.78 Å². The number of carboxylic acid groups (broad SMARTS) is 1. The van der Waals surface area contributed by atoms with Crippen LogP contribution in [0.15, 0.2) is 35.2 Å². The maximum absolute atomic E-state index is 12.9. The first-order valence-electron chi connectivity index (χ1n) is 12.4. The van der Waals surface area contributed by atoms with Crippen LogP contribution in [0.3, 0.4) is 0 Å². The number of amides is 2. The van der Waals surface area contributed by atoms with Gasteiger partial charge in [0.05, 0.1) is 35.7 Å². The highest BCUT2D eigenvalue weighted by Gasteiger charge is 2.27. The molecule has 5 rings (SSSR count). The summed E-state index contributed by atoms with van der Waals surface area (Å²) in [5.41, 5.74) is 3.95. The Morgan fingerprint density at radius 1 is 1.22 bits per heavy atom. The molecule has 0 bridgehead atoms. The summed E-state index contributed by atoms with van der Waals surface area (Å²) in [7, 11) is 0. The van der Waals surface area contributed by atoms with Gasteiger partial charge >= 0.3 is 12.0 Å². The maximum atomic E-state index is 12.9. The second-order valence-electron chi connectivity index (χ2n) is 9.24. The molecule has 12 heteroatoms. The van der Waals surface area contributed by atoms with Gasteiger partial charge in [-0.1, -0.05) is 31.3 Å². The number of fused-ring (bicyclic) bond motifs is 1. The highest BCUT2D eigenvalue weighted by atomic mass is 16.5. The molecule has 4 aromatic rings. The minimum absolute atomic E-state index is 0.0490. The molecule has 1 unspecified atom stereocenters. The number of carbonyl (C=O) groups is 2. The Kier molecular flexibility index (Phi) is 6.80. The predicted octanol–water partition coefficient (Wildman–Crippen LogP) is 4.75. The monoisotopic (exact) mass is 504 g/mol. The van der Waals surface area contributed by atoms with Crippen LogP contribution < -0.4 is 10.6 Å². The number of nitrogens with zero attached hydrogens (tertiary/aromatic N) is 6. The fourth-order valence-electron chi connectivity index (χ4n) is 4.86. The van der Waals surface area contributed by atoms with Crippen molar-refractivity contribution in [1.29, 1.82) is 0 Å². The van der Waals surface area contributed by atoms with Crippen LogP contribution in [0.5, 0.6) is 0 Å². The van der Waals surface area contributed by atoms with Gasteiger partial charge < -0.3 is 20.3 Å². The van der Waals surface area contributed by atoms with Crippen LogP contribution >= 0.6 is 0 Å². The standard InChI is InChI=1S/C25H28N8O4/c1-3-6-17(24(34)35)23-31-22(32-37-23)20-14(2)11-16(12-27-20)29-25(36)30-18-13-26-19-9-10-28-33(19)21(18)15-7-4-5-8-15/h9-13,15,17H,3-8H2,1-2H3,(H,34,35)(H2,29,30,36). The van der Waals surface area contributed by atoms with E-state index in [-0.39, 0.29) is 11.7 Å². The average molecular weight is 505 g/mol. The first-order chi connectivity index (χ1) is 17.9. The lowest BCUT2D eigenvalue weighted by molar-refractivity contribution is -0.139. The fourth-order valence-corrected chi connectivity index (χ4v) is 4.86. The minimum atomic E-state index is -1.01. The molecule has 1 saturated carbocycles.